The maximum absolute atomic E-state index is 12.4. The Bertz CT molecular complexity index is 449. The van der Waals surface area contributed by atoms with Crippen molar-refractivity contribution in [3.63, 3.8) is 0 Å². The van der Waals surface area contributed by atoms with Crippen LogP contribution in [0.2, 0.25) is 0 Å². The molecule has 1 aromatic heterocycles. The highest BCUT2D eigenvalue weighted by atomic mass is 32.2. The number of nitrogens with zero attached hydrogens (tertiary/aromatic N) is 3. The second-order valence-corrected chi connectivity index (χ2v) is 6.72. The van der Waals surface area contributed by atoms with Gasteiger partial charge in [-0.05, 0) is 12.8 Å². The quantitative estimate of drug-likeness (QED) is 0.887. The van der Waals surface area contributed by atoms with Crippen molar-refractivity contribution in [3.05, 3.63) is 18.0 Å². The van der Waals surface area contributed by atoms with E-state index < -0.39 is 10.2 Å². The summed E-state index contributed by atoms with van der Waals surface area (Å²) in [6, 6.07) is 0. The molecule has 0 aliphatic carbocycles. The molecule has 1 N–H and O–H groups in total. The SMILES string of the molecule is CN(Cc1cn[nH]c1)S(=O)(=O)N1CCCCCC1. The van der Waals surface area contributed by atoms with Crippen molar-refractivity contribution in [1.29, 1.82) is 0 Å². The minimum Gasteiger partial charge on any atom is -0.285 e. The molecule has 6 nitrogen and oxygen atoms in total. The van der Waals surface area contributed by atoms with Crippen LogP contribution in [0, 0.1) is 0 Å². The first-order valence-electron chi connectivity index (χ1n) is 6.30. The van der Waals surface area contributed by atoms with Crippen molar-refractivity contribution < 1.29 is 8.42 Å². The highest BCUT2D eigenvalue weighted by Gasteiger charge is 2.27. The number of hydrogen-bond donors (Lipinski definition) is 1. The smallest absolute Gasteiger partial charge is 0.282 e. The minimum absolute atomic E-state index is 0.356. The van der Waals surface area contributed by atoms with Crippen LogP contribution in [-0.4, -0.2) is 47.4 Å². The standard InChI is InChI=1S/C11H20N4O2S/c1-14(10-11-8-12-13-9-11)18(16,17)15-6-4-2-3-5-7-15/h8-9H,2-7,10H2,1H3,(H,12,13). The summed E-state index contributed by atoms with van der Waals surface area (Å²) in [7, 11) is -1.72. The molecule has 0 unspecified atom stereocenters. The summed E-state index contributed by atoms with van der Waals surface area (Å²) in [6.07, 6.45) is 7.52. The van der Waals surface area contributed by atoms with Crippen molar-refractivity contribution in [2.75, 3.05) is 20.1 Å². The predicted octanol–water partition coefficient (Wildman–Crippen LogP) is 0.962. The first kappa shape index (κ1) is 13.5. The Balaban J connectivity index is 2.04. The Morgan fingerprint density at radius 1 is 1.33 bits per heavy atom. The summed E-state index contributed by atoms with van der Waals surface area (Å²) in [5.74, 6) is 0. The molecule has 102 valence electrons. The maximum atomic E-state index is 12.4. The fraction of sp³-hybridized carbons (Fsp3) is 0.727. The van der Waals surface area contributed by atoms with E-state index in [0.717, 1.165) is 31.2 Å². The molecular weight excluding hydrogens is 252 g/mol. The molecule has 0 amide bonds. The summed E-state index contributed by atoms with van der Waals surface area (Å²) in [5, 5.41) is 6.52. The van der Waals surface area contributed by atoms with Gasteiger partial charge in [-0.3, -0.25) is 5.10 Å². The van der Waals surface area contributed by atoms with E-state index in [9.17, 15) is 8.42 Å². The number of rotatable bonds is 4. The Labute approximate surface area is 108 Å². The summed E-state index contributed by atoms with van der Waals surface area (Å²) in [5.41, 5.74) is 0.871. The van der Waals surface area contributed by atoms with E-state index in [1.165, 1.54) is 4.31 Å². The Hall–Kier alpha value is -0.920. The molecule has 1 saturated heterocycles. The maximum Gasteiger partial charge on any atom is 0.282 e. The van der Waals surface area contributed by atoms with Crippen molar-refractivity contribution >= 4 is 10.2 Å². The van der Waals surface area contributed by atoms with Gasteiger partial charge in [0.1, 0.15) is 0 Å². The number of nitrogens with one attached hydrogen (secondary N) is 1. The second kappa shape index (κ2) is 5.81. The van der Waals surface area contributed by atoms with E-state index in [4.69, 9.17) is 0 Å². The summed E-state index contributed by atoms with van der Waals surface area (Å²) >= 11 is 0. The van der Waals surface area contributed by atoms with Crippen molar-refractivity contribution in [3.8, 4) is 0 Å². The lowest BCUT2D eigenvalue weighted by atomic mass is 10.2. The van der Waals surface area contributed by atoms with Crippen LogP contribution in [0.15, 0.2) is 12.4 Å². The number of aromatic amines is 1. The monoisotopic (exact) mass is 272 g/mol. The zero-order valence-corrected chi connectivity index (χ0v) is 11.5. The van der Waals surface area contributed by atoms with Gasteiger partial charge in [-0.15, -0.1) is 0 Å². The molecule has 2 heterocycles. The van der Waals surface area contributed by atoms with Crippen LogP contribution in [-0.2, 0) is 16.8 Å². The lowest BCUT2D eigenvalue weighted by Gasteiger charge is -2.26. The molecular formula is C11H20N4O2S. The highest BCUT2D eigenvalue weighted by molar-refractivity contribution is 7.86. The molecule has 18 heavy (non-hydrogen) atoms. The predicted molar refractivity (Wildman–Crippen MR) is 69.0 cm³/mol. The van der Waals surface area contributed by atoms with E-state index in [-0.39, 0.29) is 0 Å². The van der Waals surface area contributed by atoms with Crippen molar-refractivity contribution in [1.82, 2.24) is 18.8 Å². The van der Waals surface area contributed by atoms with E-state index in [1.54, 1.807) is 23.7 Å². The van der Waals surface area contributed by atoms with Crippen LogP contribution in [0.1, 0.15) is 31.2 Å². The fourth-order valence-corrected chi connectivity index (χ4v) is 3.60. The molecule has 1 aliphatic rings. The van der Waals surface area contributed by atoms with Crippen LogP contribution < -0.4 is 0 Å². The lowest BCUT2D eigenvalue weighted by molar-refractivity contribution is 0.363. The third kappa shape index (κ3) is 3.09. The first-order valence-corrected chi connectivity index (χ1v) is 7.69. The number of aromatic nitrogens is 2. The zero-order valence-electron chi connectivity index (χ0n) is 10.7. The van der Waals surface area contributed by atoms with E-state index in [1.807, 2.05) is 0 Å². The Kier molecular flexibility index (Phi) is 4.36. The van der Waals surface area contributed by atoms with Crippen molar-refractivity contribution in [2.24, 2.45) is 0 Å². The van der Waals surface area contributed by atoms with Crippen LogP contribution >= 0.6 is 0 Å². The lowest BCUT2D eigenvalue weighted by Crippen LogP contribution is -2.41. The molecule has 0 spiro atoms. The van der Waals surface area contributed by atoms with Gasteiger partial charge in [0.05, 0.1) is 6.20 Å². The van der Waals surface area contributed by atoms with Gasteiger partial charge in [-0.25, -0.2) is 0 Å². The molecule has 1 aromatic rings. The van der Waals surface area contributed by atoms with Crippen LogP contribution in [0.25, 0.3) is 0 Å². The Morgan fingerprint density at radius 3 is 2.56 bits per heavy atom. The van der Waals surface area contributed by atoms with Gasteiger partial charge in [-0.2, -0.15) is 22.1 Å². The topological polar surface area (TPSA) is 69.3 Å². The zero-order chi connectivity index (χ0) is 13.0. The molecule has 1 fully saturated rings. The first-order chi connectivity index (χ1) is 8.60. The molecule has 7 heteroatoms. The van der Waals surface area contributed by atoms with Crippen LogP contribution in [0.5, 0.6) is 0 Å². The molecule has 0 atom stereocenters. The van der Waals surface area contributed by atoms with Crippen molar-refractivity contribution in [2.45, 2.75) is 32.2 Å². The van der Waals surface area contributed by atoms with Gasteiger partial charge in [0, 0.05) is 38.4 Å². The van der Waals surface area contributed by atoms with Gasteiger partial charge in [0.2, 0.25) is 0 Å². The summed E-state index contributed by atoms with van der Waals surface area (Å²) < 4.78 is 27.8. The fourth-order valence-electron chi connectivity index (χ4n) is 2.17. The number of hydrogen-bond acceptors (Lipinski definition) is 3. The highest BCUT2D eigenvalue weighted by Crippen LogP contribution is 2.16. The third-order valence-corrected chi connectivity index (χ3v) is 5.18. The molecule has 2 rings (SSSR count). The van der Waals surface area contributed by atoms with Gasteiger partial charge < -0.3 is 0 Å². The van der Waals surface area contributed by atoms with Gasteiger partial charge in [0.15, 0.2) is 0 Å². The minimum atomic E-state index is -3.34. The Morgan fingerprint density at radius 2 is 2.00 bits per heavy atom. The normalized spacial score (nSPS) is 19.0. The molecule has 0 bridgehead atoms. The molecule has 0 radical (unpaired) electrons. The molecule has 0 aromatic carbocycles. The second-order valence-electron chi connectivity index (χ2n) is 4.68. The van der Waals surface area contributed by atoms with Crippen LogP contribution in [0.3, 0.4) is 0 Å². The molecule has 1 aliphatic heterocycles. The van der Waals surface area contributed by atoms with Gasteiger partial charge in [0.25, 0.3) is 10.2 Å². The summed E-state index contributed by atoms with van der Waals surface area (Å²) in [6.45, 7) is 1.63. The largest absolute Gasteiger partial charge is 0.285 e. The van der Waals surface area contributed by atoms with E-state index in [2.05, 4.69) is 10.2 Å². The van der Waals surface area contributed by atoms with Crippen LogP contribution in [0.4, 0.5) is 0 Å². The summed E-state index contributed by atoms with van der Waals surface area (Å²) in [4.78, 5) is 0. The third-order valence-electron chi connectivity index (χ3n) is 3.25. The number of H-pyrrole nitrogens is 1. The average molecular weight is 272 g/mol. The van der Waals surface area contributed by atoms with E-state index >= 15 is 0 Å². The van der Waals surface area contributed by atoms with Gasteiger partial charge >= 0.3 is 0 Å². The van der Waals surface area contributed by atoms with Gasteiger partial charge in [-0.1, -0.05) is 12.8 Å². The average Bonchev–Trinajstić information content (AvgIpc) is 2.68. The molecule has 0 saturated carbocycles. The van der Waals surface area contributed by atoms with E-state index in [0.29, 0.717) is 19.6 Å².